The maximum atomic E-state index is 14.8. The maximum absolute atomic E-state index is 14.8. The van der Waals surface area contributed by atoms with Crippen LogP contribution >= 0.6 is 11.6 Å². The number of halogens is 3. The second-order valence-corrected chi connectivity index (χ2v) is 15.3. The average Bonchev–Trinajstić information content (AvgIpc) is 2.67. The van der Waals surface area contributed by atoms with Crippen molar-refractivity contribution in [3.05, 3.63) is 69.7 Å². The Hall–Kier alpha value is -1.53. The van der Waals surface area contributed by atoms with Crippen molar-refractivity contribution in [3.8, 4) is 0 Å². The average molecular weight is 481 g/mol. The zero-order valence-corrected chi connectivity index (χ0v) is 21.9. The quantitative estimate of drug-likeness (QED) is 0.309. The van der Waals surface area contributed by atoms with Gasteiger partial charge < -0.3 is 9.53 Å². The number of allylic oxidation sites excluding steroid dienone is 1. The van der Waals surface area contributed by atoms with Gasteiger partial charge in [0.25, 0.3) is 0 Å². The highest BCUT2D eigenvalue weighted by Crippen LogP contribution is 2.36. The van der Waals surface area contributed by atoms with E-state index in [0.29, 0.717) is 33.7 Å². The van der Waals surface area contributed by atoms with E-state index in [0.717, 1.165) is 0 Å². The summed E-state index contributed by atoms with van der Waals surface area (Å²) in [5.41, 5.74) is 2.09. The summed E-state index contributed by atoms with van der Waals surface area (Å²) in [6, 6.07) is 9.47. The highest BCUT2D eigenvalue weighted by Gasteiger charge is 2.37. The van der Waals surface area contributed by atoms with E-state index in [2.05, 4.69) is 33.9 Å². The first-order valence-electron chi connectivity index (χ1n) is 11.0. The van der Waals surface area contributed by atoms with Gasteiger partial charge in [0.1, 0.15) is 11.6 Å². The second kappa shape index (κ2) is 10.6. The van der Waals surface area contributed by atoms with Crippen LogP contribution < -0.4 is 0 Å². The molecule has 2 aromatic carbocycles. The molecule has 0 aromatic heterocycles. The molecule has 0 saturated heterocycles. The van der Waals surface area contributed by atoms with Gasteiger partial charge in [-0.3, -0.25) is 0 Å². The van der Waals surface area contributed by atoms with Crippen LogP contribution in [0.1, 0.15) is 51.3 Å². The normalized spacial score (nSPS) is 15.0. The molecule has 2 rings (SSSR count). The SMILES string of the molecule is C/C(=C\c1ccc(C[C@H](C)[C@@H](O)CO[Si](C)(C)C(C)(C)C)c(F)c1)c1c(F)cccc1Cl. The predicted octanol–water partition coefficient (Wildman–Crippen LogP) is 7.74. The van der Waals surface area contributed by atoms with Crippen LogP contribution in [0.5, 0.6) is 0 Å². The summed E-state index contributed by atoms with van der Waals surface area (Å²) in [6.07, 6.45) is 1.44. The molecule has 0 unspecified atom stereocenters. The summed E-state index contributed by atoms with van der Waals surface area (Å²) in [4.78, 5) is 0. The van der Waals surface area contributed by atoms with Crippen molar-refractivity contribution in [3.63, 3.8) is 0 Å². The van der Waals surface area contributed by atoms with Crippen LogP contribution in [0.25, 0.3) is 11.6 Å². The highest BCUT2D eigenvalue weighted by molar-refractivity contribution is 6.74. The van der Waals surface area contributed by atoms with Crippen molar-refractivity contribution in [2.24, 2.45) is 5.92 Å². The molecule has 0 aliphatic heterocycles. The molecule has 0 aliphatic carbocycles. The van der Waals surface area contributed by atoms with E-state index >= 15 is 0 Å². The van der Waals surface area contributed by atoms with Crippen molar-refractivity contribution in [2.75, 3.05) is 6.61 Å². The van der Waals surface area contributed by atoms with Crippen LogP contribution in [0.4, 0.5) is 8.78 Å². The van der Waals surface area contributed by atoms with Gasteiger partial charge in [0.15, 0.2) is 8.32 Å². The molecule has 2 nitrogen and oxygen atoms in total. The molecule has 0 amide bonds. The zero-order chi connectivity index (χ0) is 24.3. The van der Waals surface area contributed by atoms with Gasteiger partial charge in [0.2, 0.25) is 0 Å². The van der Waals surface area contributed by atoms with Crippen molar-refractivity contribution >= 4 is 31.6 Å². The summed E-state index contributed by atoms with van der Waals surface area (Å²) >= 11 is 6.13. The van der Waals surface area contributed by atoms with Gasteiger partial charge in [-0.05, 0) is 72.3 Å². The first-order chi connectivity index (χ1) is 14.7. The molecule has 6 heteroatoms. The Morgan fingerprint density at radius 1 is 1.16 bits per heavy atom. The lowest BCUT2D eigenvalue weighted by molar-refractivity contribution is 0.0577. The third-order valence-corrected chi connectivity index (χ3v) is 11.3. The molecule has 0 spiro atoms. The Labute approximate surface area is 197 Å². The smallest absolute Gasteiger partial charge is 0.192 e. The summed E-state index contributed by atoms with van der Waals surface area (Å²) in [5, 5.41) is 11.0. The van der Waals surface area contributed by atoms with Gasteiger partial charge in [-0.1, -0.05) is 63.6 Å². The lowest BCUT2D eigenvalue weighted by atomic mass is 9.94. The first kappa shape index (κ1) is 26.7. The predicted molar refractivity (Wildman–Crippen MR) is 133 cm³/mol. The Morgan fingerprint density at radius 3 is 2.38 bits per heavy atom. The highest BCUT2D eigenvalue weighted by atomic mass is 35.5. The minimum atomic E-state index is -1.95. The van der Waals surface area contributed by atoms with Crippen molar-refractivity contribution < 1.29 is 18.3 Å². The first-order valence-corrected chi connectivity index (χ1v) is 14.2. The Kier molecular flexibility index (Phi) is 8.85. The fourth-order valence-electron chi connectivity index (χ4n) is 3.17. The van der Waals surface area contributed by atoms with Crippen LogP contribution in [0.15, 0.2) is 36.4 Å². The summed E-state index contributed by atoms with van der Waals surface area (Å²) in [7, 11) is -1.95. The molecule has 32 heavy (non-hydrogen) atoms. The molecule has 0 bridgehead atoms. The molecular formula is C26H35ClF2O2Si. The van der Waals surface area contributed by atoms with Crippen molar-refractivity contribution in [2.45, 2.75) is 65.3 Å². The van der Waals surface area contributed by atoms with Gasteiger partial charge in [-0.15, -0.1) is 0 Å². The van der Waals surface area contributed by atoms with E-state index in [4.69, 9.17) is 16.0 Å². The lowest BCUT2D eigenvalue weighted by Crippen LogP contribution is -2.43. The standard InChI is InChI=1S/C26H35ClF2O2Si/c1-17(24(30)16-31-32(6,7)26(3,4)5)14-20-12-11-19(15-23(20)29)13-18(2)25-21(27)9-8-10-22(25)28/h8-13,15,17,24,30H,14,16H2,1-7H3/b18-13+/t17-,24-/m0/s1. The fraction of sp³-hybridized carbons (Fsp3) is 0.462. The molecule has 0 radical (unpaired) electrons. The lowest BCUT2D eigenvalue weighted by Gasteiger charge is -2.37. The Bertz CT molecular complexity index is 947. The Morgan fingerprint density at radius 2 is 1.81 bits per heavy atom. The van der Waals surface area contributed by atoms with E-state index in [1.807, 2.05) is 6.92 Å². The van der Waals surface area contributed by atoms with Gasteiger partial charge in [-0.25, -0.2) is 8.78 Å². The van der Waals surface area contributed by atoms with Gasteiger partial charge in [-0.2, -0.15) is 0 Å². The van der Waals surface area contributed by atoms with Gasteiger partial charge in [0.05, 0.1) is 17.7 Å². The summed E-state index contributed by atoms with van der Waals surface area (Å²) in [6.45, 7) is 14.7. The van der Waals surface area contributed by atoms with Crippen LogP contribution in [-0.2, 0) is 10.8 Å². The number of aliphatic hydroxyl groups excluding tert-OH is 1. The number of benzene rings is 2. The molecule has 0 heterocycles. The molecule has 0 fully saturated rings. The largest absolute Gasteiger partial charge is 0.414 e. The maximum Gasteiger partial charge on any atom is 0.192 e. The zero-order valence-electron chi connectivity index (χ0n) is 20.1. The summed E-state index contributed by atoms with van der Waals surface area (Å²) in [5.74, 6) is -0.920. The molecule has 0 saturated carbocycles. The van der Waals surface area contributed by atoms with Crippen molar-refractivity contribution in [1.82, 2.24) is 0 Å². The number of hydrogen-bond donors (Lipinski definition) is 1. The molecule has 0 aliphatic rings. The van der Waals surface area contributed by atoms with E-state index in [1.165, 1.54) is 12.1 Å². The number of rotatable bonds is 8. The van der Waals surface area contributed by atoms with Crippen molar-refractivity contribution in [1.29, 1.82) is 0 Å². The van der Waals surface area contributed by atoms with Gasteiger partial charge >= 0.3 is 0 Å². The van der Waals surface area contributed by atoms with Gasteiger partial charge in [0, 0.05) is 5.56 Å². The molecule has 2 atom stereocenters. The second-order valence-electron chi connectivity index (χ2n) is 10.1. The fourth-order valence-corrected chi connectivity index (χ4v) is 4.51. The van der Waals surface area contributed by atoms with Crippen LogP contribution in [-0.4, -0.2) is 26.1 Å². The third-order valence-electron chi connectivity index (χ3n) is 6.44. The minimum Gasteiger partial charge on any atom is -0.414 e. The topological polar surface area (TPSA) is 29.5 Å². The molecule has 1 N–H and O–H groups in total. The third kappa shape index (κ3) is 6.74. The molecular weight excluding hydrogens is 446 g/mol. The van der Waals surface area contributed by atoms with E-state index in [-0.39, 0.29) is 23.4 Å². The molecule has 176 valence electrons. The minimum absolute atomic E-state index is 0.0659. The molecule has 2 aromatic rings. The monoisotopic (exact) mass is 480 g/mol. The summed E-state index contributed by atoms with van der Waals surface area (Å²) < 4.78 is 35.0. The number of aliphatic hydroxyl groups is 1. The number of hydrogen-bond acceptors (Lipinski definition) is 2. The van der Waals surface area contributed by atoms with Crippen LogP contribution in [0.3, 0.4) is 0 Å². The van der Waals surface area contributed by atoms with Crippen LogP contribution in [0.2, 0.25) is 23.2 Å². The van der Waals surface area contributed by atoms with E-state index < -0.39 is 20.2 Å². The van der Waals surface area contributed by atoms with E-state index in [9.17, 15) is 13.9 Å². The van der Waals surface area contributed by atoms with Crippen LogP contribution in [0, 0.1) is 17.6 Å². The van der Waals surface area contributed by atoms with E-state index in [1.54, 1.807) is 37.3 Å². The Balaban J connectivity index is 2.09.